The standard InChI is InChI=1S/C19H14BrF3O4/c1-25-17(24)8-12-4-2-3-5-16(12)26-9-11-6-13-14(19(21,22)23)10-27-18(13)15(20)7-11/h2-7,10H,8-9H2,1H3. The van der Waals surface area contributed by atoms with Gasteiger partial charge < -0.3 is 13.9 Å². The van der Waals surface area contributed by atoms with E-state index in [2.05, 4.69) is 20.7 Å². The van der Waals surface area contributed by atoms with Gasteiger partial charge in [-0.2, -0.15) is 13.2 Å². The summed E-state index contributed by atoms with van der Waals surface area (Å²) in [6.45, 7) is 0.0230. The molecule has 3 rings (SSSR count). The normalized spacial score (nSPS) is 11.6. The molecule has 0 spiro atoms. The number of hydrogen-bond acceptors (Lipinski definition) is 4. The topological polar surface area (TPSA) is 48.7 Å². The molecule has 1 aromatic heterocycles. The Kier molecular flexibility index (Phi) is 5.46. The molecular formula is C19H14BrF3O4. The molecular weight excluding hydrogens is 429 g/mol. The Hall–Kier alpha value is -2.48. The van der Waals surface area contributed by atoms with Crippen LogP contribution in [0.15, 0.2) is 51.6 Å². The van der Waals surface area contributed by atoms with E-state index in [-0.39, 0.29) is 24.0 Å². The maximum Gasteiger partial charge on any atom is 0.420 e. The highest BCUT2D eigenvalue weighted by Crippen LogP contribution is 2.39. The van der Waals surface area contributed by atoms with Crippen LogP contribution in [0.3, 0.4) is 0 Å². The fraction of sp³-hybridized carbons (Fsp3) is 0.211. The second kappa shape index (κ2) is 7.64. The summed E-state index contributed by atoms with van der Waals surface area (Å²) in [5.74, 6) is 0.0470. The summed E-state index contributed by atoms with van der Waals surface area (Å²) in [6.07, 6.45) is -3.78. The number of alkyl halides is 3. The van der Waals surface area contributed by atoms with Gasteiger partial charge >= 0.3 is 12.1 Å². The van der Waals surface area contributed by atoms with Gasteiger partial charge in [0.1, 0.15) is 29.8 Å². The lowest BCUT2D eigenvalue weighted by Gasteiger charge is -2.12. The van der Waals surface area contributed by atoms with Crippen LogP contribution >= 0.6 is 15.9 Å². The molecule has 8 heteroatoms. The summed E-state index contributed by atoms with van der Waals surface area (Å²) >= 11 is 3.23. The third kappa shape index (κ3) is 4.27. The van der Waals surface area contributed by atoms with Crippen LogP contribution in [-0.2, 0) is 28.7 Å². The molecule has 0 saturated heterocycles. The first kappa shape index (κ1) is 19.3. The summed E-state index contributed by atoms with van der Waals surface area (Å²) in [6, 6.07) is 9.93. The van der Waals surface area contributed by atoms with Crippen LogP contribution in [0.4, 0.5) is 13.2 Å². The number of furan rings is 1. The minimum absolute atomic E-state index is 0.0230. The quantitative estimate of drug-likeness (QED) is 0.488. The number of rotatable bonds is 5. The number of halogens is 4. The van der Waals surface area contributed by atoms with Crippen LogP contribution in [-0.4, -0.2) is 13.1 Å². The van der Waals surface area contributed by atoms with Gasteiger partial charge in [-0.25, -0.2) is 0 Å². The molecule has 0 bridgehead atoms. The molecule has 0 fully saturated rings. The maximum absolute atomic E-state index is 13.1. The van der Waals surface area contributed by atoms with Crippen molar-refractivity contribution >= 4 is 32.9 Å². The molecule has 3 aromatic rings. The van der Waals surface area contributed by atoms with E-state index >= 15 is 0 Å². The fourth-order valence-corrected chi connectivity index (χ4v) is 3.23. The van der Waals surface area contributed by atoms with Gasteiger partial charge in [-0.3, -0.25) is 4.79 Å². The summed E-state index contributed by atoms with van der Waals surface area (Å²) in [5, 5.41) is -0.0432. The average molecular weight is 443 g/mol. The van der Waals surface area contributed by atoms with Crippen LogP contribution in [0.1, 0.15) is 16.7 Å². The molecule has 0 aliphatic rings. The summed E-state index contributed by atoms with van der Waals surface area (Å²) in [7, 11) is 1.29. The lowest BCUT2D eigenvalue weighted by Crippen LogP contribution is -2.07. The molecule has 4 nitrogen and oxygen atoms in total. The number of esters is 1. The van der Waals surface area contributed by atoms with Crippen LogP contribution < -0.4 is 4.74 Å². The van der Waals surface area contributed by atoms with Crippen molar-refractivity contribution in [3.8, 4) is 5.75 Å². The predicted octanol–water partition coefficient (Wildman–Crippen LogP) is 5.51. The first-order chi connectivity index (χ1) is 12.8. The molecule has 0 radical (unpaired) electrons. The summed E-state index contributed by atoms with van der Waals surface area (Å²) < 4.78 is 55.2. The fourth-order valence-electron chi connectivity index (χ4n) is 2.63. The highest BCUT2D eigenvalue weighted by molar-refractivity contribution is 9.10. The van der Waals surface area contributed by atoms with Gasteiger partial charge in [-0.05, 0) is 39.7 Å². The Morgan fingerprint density at radius 1 is 1.22 bits per heavy atom. The third-order valence-electron chi connectivity index (χ3n) is 3.92. The first-order valence-electron chi connectivity index (χ1n) is 7.84. The summed E-state index contributed by atoms with van der Waals surface area (Å²) in [4.78, 5) is 11.5. The van der Waals surface area contributed by atoms with Crippen molar-refractivity contribution in [1.82, 2.24) is 0 Å². The second-order valence-electron chi connectivity index (χ2n) is 5.75. The van der Waals surface area contributed by atoms with Gasteiger partial charge in [0.25, 0.3) is 0 Å². The Balaban J connectivity index is 1.87. The number of hydrogen-bond donors (Lipinski definition) is 0. The molecule has 0 atom stereocenters. The van der Waals surface area contributed by atoms with E-state index in [0.717, 1.165) is 0 Å². The Morgan fingerprint density at radius 3 is 2.67 bits per heavy atom. The maximum atomic E-state index is 13.1. The van der Waals surface area contributed by atoms with E-state index in [0.29, 0.717) is 27.6 Å². The molecule has 27 heavy (non-hydrogen) atoms. The number of ether oxygens (including phenoxy) is 2. The van der Waals surface area contributed by atoms with Gasteiger partial charge in [-0.1, -0.05) is 18.2 Å². The molecule has 0 aliphatic carbocycles. The van der Waals surface area contributed by atoms with E-state index in [4.69, 9.17) is 9.15 Å². The van der Waals surface area contributed by atoms with Crippen molar-refractivity contribution in [1.29, 1.82) is 0 Å². The molecule has 0 N–H and O–H groups in total. The minimum atomic E-state index is -4.52. The second-order valence-corrected chi connectivity index (χ2v) is 6.61. The lowest BCUT2D eigenvalue weighted by molar-refractivity contribution is -0.140. The van der Waals surface area contributed by atoms with Crippen LogP contribution in [0.25, 0.3) is 11.0 Å². The lowest BCUT2D eigenvalue weighted by atomic mass is 10.1. The number of methoxy groups -OCH3 is 1. The predicted molar refractivity (Wildman–Crippen MR) is 95.4 cm³/mol. The molecule has 0 amide bonds. The molecule has 0 aliphatic heterocycles. The average Bonchev–Trinajstić information content (AvgIpc) is 3.05. The van der Waals surface area contributed by atoms with Crippen LogP contribution in [0.5, 0.6) is 5.75 Å². The van der Waals surface area contributed by atoms with Gasteiger partial charge in [-0.15, -0.1) is 0 Å². The van der Waals surface area contributed by atoms with Gasteiger partial charge in [0.15, 0.2) is 0 Å². The monoisotopic (exact) mass is 442 g/mol. The number of para-hydroxylation sites is 1. The van der Waals surface area contributed by atoms with Crippen molar-refractivity contribution in [3.63, 3.8) is 0 Å². The van der Waals surface area contributed by atoms with E-state index in [1.807, 2.05) is 0 Å². The number of benzene rings is 2. The highest BCUT2D eigenvalue weighted by atomic mass is 79.9. The van der Waals surface area contributed by atoms with Crippen molar-refractivity contribution in [3.05, 3.63) is 63.8 Å². The number of carbonyl (C=O) groups excluding carboxylic acids is 1. The highest BCUT2D eigenvalue weighted by Gasteiger charge is 2.35. The zero-order valence-electron chi connectivity index (χ0n) is 14.1. The van der Waals surface area contributed by atoms with E-state index < -0.39 is 17.7 Å². The Morgan fingerprint density at radius 2 is 1.96 bits per heavy atom. The van der Waals surface area contributed by atoms with Gasteiger partial charge in [0, 0.05) is 10.9 Å². The molecule has 0 saturated carbocycles. The van der Waals surface area contributed by atoms with Crippen molar-refractivity contribution in [2.45, 2.75) is 19.2 Å². The summed E-state index contributed by atoms with van der Waals surface area (Å²) in [5.41, 5.74) is 0.432. The van der Waals surface area contributed by atoms with Crippen molar-refractivity contribution in [2.75, 3.05) is 7.11 Å². The van der Waals surface area contributed by atoms with Gasteiger partial charge in [0.2, 0.25) is 0 Å². The van der Waals surface area contributed by atoms with E-state index in [9.17, 15) is 18.0 Å². The largest absolute Gasteiger partial charge is 0.489 e. The van der Waals surface area contributed by atoms with Crippen LogP contribution in [0.2, 0.25) is 0 Å². The first-order valence-corrected chi connectivity index (χ1v) is 8.63. The molecule has 2 aromatic carbocycles. The van der Waals surface area contributed by atoms with Gasteiger partial charge in [0.05, 0.1) is 18.0 Å². The van der Waals surface area contributed by atoms with Crippen LogP contribution in [0, 0.1) is 0 Å². The molecule has 0 unspecified atom stereocenters. The third-order valence-corrected chi connectivity index (χ3v) is 4.51. The van der Waals surface area contributed by atoms with Crippen molar-refractivity contribution in [2.24, 2.45) is 0 Å². The molecule has 1 heterocycles. The number of carbonyl (C=O) groups is 1. The zero-order valence-corrected chi connectivity index (χ0v) is 15.7. The Bertz CT molecular complexity index is 979. The molecule has 142 valence electrons. The Labute approximate surface area is 161 Å². The zero-order chi connectivity index (χ0) is 19.6. The van der Waals surface area contributed by atoms with Crippen molar-refractivity contribution < 1.29 is 31.9 Å². The van der Waals surface area contributed by atoms with E-state index in [1.54, 1.807) is 30.3 Å². The minimum Gasteiger partial charge on any atom is -0.489 e. The number of fused-ring (bicyclic) bond motifs is 1. The van der Waals surface area contributed by atoms with E-state index in [1.165, 1.54) is 13.2 Å². The smallest absolute Gasteiger partial charge is 0.420 e. The SMILES string of the molecule is COC(=O)Cc1ccccc1OCc1cc(Br)c2occ(C(F)(F)F)c2c1.